The van der Waals surface area contributed by atoms with Crippen molar-refractivity contribution >= 4 is 165 Å². The minimum atomic E-state index is -1.33. The molecule has 0 saturated carbocycles. The molecule has 0 unspecified atom stereocenters. The van der Waals surface area contributed by atoms with Crippen LogP contribution in [0, 0.1) is 0 Å². The highest BCUT2D eigenvalue weighted by molar-refractivity contribution is 6.32. The summed E-state index contributed by atoms with van der Waals surface area (Å²) in [5, 5.41) is 37.4. The van der Waals surface area contributed by atoms with E-state index < -0.39 is 89.6 Å². The number of hydrogen-bond acceptors (Lipinski definition) is 21. The first-order valence-electron chi connectivity index (χ1n) is 40.7. The van der Waals surface area contributed by atoms with Crippen LogP contribution in [-0.2, 0) is 38.4 Å². The lowest BCUT2D eigenvalue weighted by molar-refractivity contribution is -0.136. The van der Waals surface area contributed by atoms with Gasteiger partial charge in [0, 0.05) is 73.9 Å². The molecule has 9 aromatic rings. The maximum Gasteiger partial charge on any atom is 0.243 e. The van der Waals surface area contributed by atoms with E-state index in [1.807, 2.05) is 72.8 Å². The number of nitrogens with two attached hydrogens (primary N) is 5. The lowest BCUT2D eigenvalue weighted by Crippen LogP contribution is -2.60. The first-order valence-corrected chi connectivity index (χ1v) is 41.8. The SMILES string of the molecule is COc1ccc2nc3cc(Cl)ccc3c(NCCCC[C@H](NC(=O)[C@H](CCCCN)NC(=O)[C@H](CCCCN)NC(=O)[C@H](CCCCNc3c4ccc(Cl)cc4nc4ccc(OC)cc34)NC(=O)[C@H](CCCCN)NC(=O)[C@H](CCCCN)NC(=O)[C@H](CCCCNc3c4ccc(Cl)cc4nc4ccc(OC)cc34)NC(C)=O)C(N)=O)c2c1. The van der Waals surface area contributed by atoms with Crippen LogP contribution in [-0.4, -0.2) is 172 Å². The van der Waals surface area contributed by atoms with Crippen LogP contribution in [0.5, 0.6) is 17.2 Å². The number of primary amides is 1. The number of amides is 8. The quantitative estimate of drug-likeness (QED) is 0.0124. The number of rotatable bonds is 51. The second kappa shape index (κ2) is 46.7. The molecule has 7 atom stereocenters. The molecule has 6 aromatic carbocycles. The van der Waals surface area contributed by atoms with Gasteiger partial charge in [0.25, 0.3) is 0 Å². The number of nitrogens with one attached hydrogen (secondary N) is 10. The smallest absolute Gasteiger partial charge is 0.243 e. The third-order valence-electron chi connectivity index (χ3n) is 20.8. The average Bonchev–Trinajstić information content (AvgIpc) is 0.779. The van der Waals surface area contributed by atoms with E-state index in [0.717, 1.165) is 60.4 Å². The zero-order chi connectivity index (χ0) is 84.6. The zero-order valence-corrected chi connectivity index (χ0v) is 69.9. The number of carbonyl (C=O) groups is 8. The highest BCUT2D eigenvalue weighted by atomic mass is 35.5. The zero-order valence-electron chi connectivity index (χ0n) is 67.6. The van der Waals surface area contributed by atoms with Crippen LogP contribution in [0.2, 0.25) is 15.1 Å². The topological polar surface area (TPSA) is 453 Å². The Kier molecular flexibility index (Phi) is 36.2. The number of anilines is 3. The molecular weight excluding hydrogens is 1570 g/mol. The Labute approximate surface area is 702 Å². The van der Waals surface area contributed by atoms with E-state index >= 15 is 9.59 Å². The molecule has 32 heteroatoms. The number of ether oxygens (including phenoxy) is 3. The van der Waals surface area contributed by atoms with Crippen molar-refractivity contribution in [3.63, 3.8) is 0 Å². The third-order valence-corrected chi connectivity index (χ3v) is 21.5. The molecule has 0 aliphatic carbocycles. The number of fused-ring (bicyclic) bond motifs is 6. The van der Waals surface area contributed by atoms with Crippen LogP contribution in [0.15, 0.2) is 109 Å². The van der Waals surface area contributed by atoms with Gasteiger partial charge in [-0.2, -0.15) is 0 Å². The van der Waals surface area contributed by atoms with Crippen molar-refractivity contribution in [1.29, 1.82) is 0 Å². The third kappa shape index (κ3) is 26.3. The highest BCUT2D eigenvalue weighted by Gasteiger charge is 2.35. The predicted molar refractivity (Wildman–Crippen MR) is 469 cm³/mol. The van der Waals surface area contributed by atoms with Gasteiger partial charge in [-0.15, -0.1) is 0 Å². The molecule has 0 spiro atoms. The monoisotopic (exact) mass is 1680 g/mol. The molecule has 0 saturated heterocycles. The maximum absolute atomic E-state index is 15.3. The molecule has 3 aromatic heterocycles. The lowest BCUT2D eigenvalue weighted by atomic mass is 10.0. The van der Waals surface area contributed by atoms with E-state index in [1.54, 1.807) is 57.7 Å². The Balaban J connectivity index is 0.914. The molecule has 9 rings (SSSR count). The van der Waals surface area contributed by atoms with Crippen LogP contribution in [0.1, 0.15) is 142 Å². The van der Waals surface area contributed by atoms with Gasteiger partial charge in [0.1, 0.15) is 59.5 Å². The summed E-state index contributed by atoms with van der Waals surface area (Å²) in [5.74, 6) is -3.50. The Morgan fingerprint density at radius 1 is 0.314 bits per heavy atom. The van der Waals surface area contributed by atoms with Crippen molar-refractivity contribution in [2.75, 3.05) is 83.1 Å². The fourth-order valence-corrected chi connectivity index (χ4v) is 15.0. The summed E-state index contributed by atoms with van der Waals surface area (Å²) in [4.78, 5) is 130. The molecule has 3 heterocycles. The number of unbranched alkanes of at least 4 members (excludes halogenated alkanes) is 7. The van der Waals surface area contributed by atoms with Crippen molar-refractivity contribution < 1.29 is 52.6 Å². The van der Waals surface area contributed by atoms with Crippen molar-refractivity contribution in [3.05, 3.63) is 124 Å². The number of carbonyl (C=O) groups excluding carboxylic acids is 8. The van der Waals surface area contributed by atoms with Gasteiger partial charge in [0.05, 0.1) is 71.5 Å². The molecule has 118 heavy (non-hydrogen) atoms. The van der Waals surface area contributed by atoms with Crippen LogP contribution in [0.3, 0.4) is 0 Å². The minimum absolute atomic E-state index is 0.0262. The van der Waals surface area contributed by atoms with Gasteiger partial charge in [-0.3, -0.25) is 38.4 Å². The molecule has 634 valence electrons. The number of benzene rings is 6. The van der Waals surface area contributed by atoms with E-state index in [2.05, 4.69) is 53.2 Å². The van der Waals surface area contributed by atoms with E-state index in [0.29, 0.717) is 177 Å². The molecule has 8 amide bonds. The van der Waals surface area contributed by atoms with Crippen LogP contribution in [0.25, 0.3) is 65.4 Å². The van der Waals surface area contributed by atoms with Gasteiger partial charge in [-0.25, -0.2) is 15.0 Å². The normalized spacial score (nSPS) is 13.2. The molecule has 0 aliphatic rings. The Bertz CT molecular complexity index is 4950. The molecule has 20 N–H and O–H groups in total. The van der Waals surface area contributed by atoms with Crippen molar-refractivity contribution in [1.82, 2.24) is 52.2 Å². The van der Waals surface area contributed by atoms with Crippen molar-refractivity contribution in [2.24, 2.45) is 28.7 Å². The van der Waals surface area contributed by atoms with Crippen LogP contribution in [0.4, 0.5) is 17.1 Å². The molecule has 0 aliphatic heterocycles. The minimum Gasteiger partial charge on any atom is -0.497 e. The summed E-state index contributed by atoms with van der Waals surface area (Å²) < 4.78 is 16.7. The van der Waals surface area contributed by atoms with Crippen molar-refractivity contribution in [3.8, 4) is 17.2 Å². The van der Waals surface area contributed by atoms with Gasteiger partial charge in [0.2, 0.25) is 47.3 Å². The Morgan fingerprint density at radius 2 is 0.559 bits per heavy atom. The summed E-state index contributed by atoms with van der Waals surface area (Å²) >= 11 is 19.3. The fraction of sp³-hybridized carbons (Fsp3) is 0.453. The molecule has 29 nitrogen and oxygen atoms in total. The predicted octanol–water partition coefficient (Wildman–Crippen LogP) is 10.3. The number of halogens is 3. The highest BCUT2D eigenvalue weighted by Crippen LogP contribution is 2.38. The molecule has 0 radical (unpaired) electrons. The molecular formula is C86H113Cl3N18O11. The van der Waals surface area contributed by atoms with Gasteiger partial charge < -0.3 is 96.0 Å². The number of methoxy groups -OCH3 is 3. The Morgan fingerprint density at radius 3 is 0.805 bits per heavy atom. The maximum atomic E-state index is 15.3. The average molecular weight is 1680 g/mol. The summed E-state index contributed by atoms with van der Waals surface area (Å²) in [6.07, 6.45) is 7.02. The van der Waals surface area contributed by atoms with Gasteiger partial charge >= 0.3 is 0 Å². The van der Waals surface area contributed by atoms with Gasteiger partial charge in [0.15, 0.2) is 0 Å². The van der Waals surface area contributed by atoms with Crippen LogP contribution >= 0.6 is 34.8 Å². The van der Waals surface area contributed by atoms with E-state index in [-0.39, 0.29) is 58.0 Å². The van der Waals surface area contributed by atoms with Crippen LogP contribution < -0.4 is 96.0 Å². The second-order valence-electron chi connectivity index (χ2n) is 29.5. The first kappa shape index (κ1) is 91.5. The van der Waals surface area contributed by atoms with Crippen molar-refractivity contribution in [2.45, 2.75) is 184 Å². The summed E-state index contributed by atoms with van der Waals surface area (Å²) in [6.45, 7) is 3.73. The lowest BCUT2D eigenvalue weighted by Gasteiger charge is -2.28. The number of nitrogens with zero attached hydrogens (tertiary/aromatic N) is 3. The largest absolute Gasteiger partial charge is 0.497 e. The van der Waals surface area contributed by atoms with E-state index in [9.17, 15) is 28.8 Å². The van der Waals surface area contributed by atoms with E-state index in [4.69, 9.17) is 92.6 Å². The first-order chi connectivity index (χ1) is 57.1. The van der Waals surface area contributed by atoms with E-state index in [1.165, 1.54) is 6.92 Å². The van der Waals surface area contributed by atoms with Gasteiger partial charge in [-0.05, 0) is 270 Å². The number of aromatic nitrogens is 3. The summed E-state index contributed by atoms with van der Waals surface area (Å²) in [5.41, 5.74) is 36.5. The fourth-order valence-electron chi connectivity index (χ4n) is 14.5. The number of pyridine rings is 3. The standard InChI is InChI=1S/C86H113Cl3N18O11/c1-51(108)98-68(24-10-17-43-96-78-59-33-27-53(88)46-75(59)100-65-36-30-56(117-3)49-62(65)78)81(110)103-70(21-6-13-39-91)83(112)105-72(23-8-15-41-93)85(114)107-73(25-11-18-44-97-79-60-34-28-54(89)47-76(60)101-66-37-31-57(118-4)50-63(66)79)86(115)106-71(22-7-14-40-92)84(113)104-69(20-5-12-38-90)82(111)102-67(80(94)109)19-9-16-42-95-77-58-32-26-52(87)45-74(58)99-64-35-29-55(116-2)48-61(64)77/h26-37,45-50,67-73H,5-25,38-44,90-93H2,1-4H3,(H2,94,109)(H,95,99)(H,96,100)(H,97,101)(H,98,108)(H,102,111)(H,103,110)(H,104,113)(H,105,112)(H,106,115)(H,107,114)/t67-,68-,69-,70-,71-,72-,73-/m0/s1. The molecule has 0 fully saturated rings. The summed E-state index contributed by atoms with van der Waals surface area (Å²) in [7, 11) is 4.76. The molecule has 0 bridgehead atoms. The second-order valence-corrected chi connectivity index (χ2v) is 30.8. The number of hydrogen-bond donors (Lipinski definition) is 15. The van der Waals surface area contributed by atoms with Gasteiger partial charge in [-0.1, -0.05) is 34.8 Å². The summed E-state index contributed by atoms with van der Waals surface area (Å²) in [6, 6.07) is 24.7. The Hall–Kier alpha value is -10.4.